The van der Waals surface area contributed by atoms with Crippen LogP contribution in [-0.4, -0.2) is 9.97 Å². The van der Waals surface area contributed by atoms with Gasteiger partial charge in [0.1, 0.15) is 5.82 Å². The highest BCUT2D eigenvalue weighted by Crippen LogP contribution is 2.37. The number of anilines is 3. The van der Waals surface area contributed by atoms with E-state index in [9.17, 15) is 26.3 Å². The van der Waals surface area contributed by atoms with Crippen LogP contribution in [0.25, 0.3) is 10.9 Å². The van der Waals surface area contributed by atoms with Crippen LogP contribution in [-0.2, 0) is 18.9 Å². The summed E-state index contributed by atoms with van der Waals surface area (Å²) in [4.78, 5) is 7.76. The van der Waals surface area contributed by atoms with Crippen LogP contribution in [0.4, 0.5) is 43.8 Å². The Morgan fingerprint density at radius 1 is 0.857 bits per heavy atom. The Kier molecular flexibility index (Phi) is 4.69. The molecule has 0 spiro atoms. The number of nitrogens with one attached hydrogen (secondary N) is 1. The summed E-state index contributed by atoms with van der Waals surface area (Å²) in [5.41, 5.74) is 9.14. The molecule has 28 heavy (non-hydrogen) atoms. The number of hydrogen-bond donors (Lipinski definition) is 3. The lowest BCUT2D eigenvalue weighted by Gasteiger charge is -2.17. The highest BCUT2D eigenvalue weighted by Gasteiger charge is 2.36. The first-order valence-corrected chi connectivity index (χ1v) is 7.79. The Bertz CT molecular complexity index is 1030. The Morgan fingerprint density at radius 3 is 2.21 bits per heavy atom. The van der Waals surface area contributed by atoms with Gasteiger partial charge in [0, 0.05) is 17.6 Å². The summed E-state index contributed by atoms with van der Waals surface area (Å²) in [6, 6.07) is 5.80. The van der Waals surface area contributed by atoms with Crippen molar-refractivity contribution < 1.29 is 26.3 Å². The minimum atomic E-state index is -4.79. The summed E-state index contributed by atoms with van der Waals surface area (Å²) in [5, 5.41) is 3.08. The molecule has 2 aromatic carbocycles. The molecule has 0 bridgehead atoms. The summed E-state index contributed by atoms with van der Waals surface area (Å²) in [5.74, 6) is 0.0330. The summed E-state index contributed by atoms with van der Waals surface area (Å²) in [6.07, 6.45) is -9.55. The van der Waals surface area contributed by atoms with Gasteiger partial charge in [0.05, 0.1) is 16.6 Å². The largest absolute Gasteiger partial charge is 0.416 e. The molecule has 11 heteroatoms. The van der Waals surface area contributed by atoms with Crippen molar-refractivity contribution in [2.24, 2.45) is 0 Å². The van der Waals surface area contributed by atoms with Gasteiger partial charge >= 0.3 is 12.4 Å². The van der Waals surface area contributed by atoms with E-state index in [1.807, 2.05) is 0 Å². The predicted molar refractivity (Wildman–Crippen MR) is 92.1 cm³/mol. The van der Waals surface area contributed by atoms with Crippen LogP contribution in [0.1, 0.15) is 16.7 Å². The van der Waals surface area contributed by atoms with E-state index >= 15 is 0 Å². The second-order valence-corrected chi connectivity index (χ2v) is 5.92. The lowest BCUT2D eigenvalue weighted by Crippen LogP contribution is -2.14. The quantitative estimate of drug-likeness (QED) is 0.565. The fourth-order valence-electron chi connectivity index (χ4n) is 2.67. The lowest BCUT2D eigenvalue weighted by molar-refractivity contribution is -0.141. The first-order valence-electron chi connectivity index (χ1n) is 7.79. The molecule has 5 nitrogen and oxygen atoms in total. The molecular weight excluding hydrogens is 388 g/mol. The smallest absolute Gasteiger partial charge is 0.383 e. The van der Waals surface area contributed by atoms with Gasteiger partial charge in [-0.05, 0) is 42.0 Å². The Balaban J connectivity index is 1.94. The molecule has 0 atom stereocenters. The second kappa shape index (κ2) is 6.73. The zero-order valence-electron chi connectivity index (χ0n) is 14.0. The maximum Gasteiger partial charge on any atom is 0.416 e. The normalized spacial score (nSPS) is 12.4. The Morgan fingerprint density at radius 2 is 1.57 bits per heavy atom. The van der Waals surface area contributed by atoms with E-state index in [2.05, 4.69) is 15.3 Å². The number of rotatable bonds is 3. The summed E-state index contributed by atoms with van der Waals surface area (Å²) >= 11 is 0. The van der Waals surface area contributed by atoms with Crippen LogP contribution < -0.4 is 16.8 Å². The average molecular weight is 401 g/mol. The molecule has 0 saturated heterocycles. The van der Waals surface area contributed by atoms with E-state index in [0.717, 1.165) is 0 Å². The predicted octanol–water partition coefficient (Wildman–Crippen LogP) is 4.44. The Labute approximate surface area is 154 Å². The van der Waals surface area contributed by atoms with Crippen LogP contribution in [0.3, 0.4) is 0 Å². The van der Waals surface area contributed by atoms with Crippen molar-refractivity contribution in [2.45, 2.75) is 18.9 Å². The number of alkyl halides is 6. The maximum atomic E-state index is 13.1. The molecule has 0 unspecified atom stereocenters. The number of halogens is 6. The summed E-state index contributed by atoms with van der Waals surface area (Å²) in [7, 11) is 0. The van der Waals surface area contributed by atoms with Crippen molar-refractivity contribution in [3.63, 3.8) is 0 Å². The molecule has 1 aromatic heterocycles. The van der Waals surface area contributed by atoms with Crippen LogP contribution in [0.15, 0.2) is 36.4 Å². The summed E-state index contributed by atoms with van der Waals surface area (Å²) in [6.45, 7) is -0.486. The number of fused-ring (bicyclic) bond motifs is 1. The van der Waals surface area contributed by atoms with E-state index in [1.165, 1.54) is 18.2 Å². The molecule has 0 aliphatic rings. The van der Waals surface area contributed by atoms with Crippen LogP contribution in [0.2, 0.25) is 0 Å². The van der Waals surface area contributed by atoms with Gasteiger partial charge in [-0.15, -0.1) is 0 Å². The second-order valence-electron chi connectivity index (χ2n) is 5.92. The van der Waals surface area contributed by atoms with E-state index in [1.54, 1.807) is 0 Å². The van der Waals surface area contributed by atoms with Crippen molar-refractivity contribution in [1.29, 1.82) is 0 Å². The van der Waals surface area contributed by atoms with E-state index in [4.69, 9.17) is 11.5 Å². The van der Waals surface area contributed by atoms with Gasteiger partial charge in [0.25, 0.3) is 0 Å². The van der Waals surface area contributed by atoms with Crippen molar-refractivity contribution in [3.05, 3.63) is 53.1 Å². The minimum Gasteiger partial charge on any atom is -0.383 e. The van der Waals surface area contributed by atoms with E-state index in [0.29, 0.717) is 34.8 Å². The zero-order chi connectivity index (χ0) is 20.7. The third kappa shape index (κ3) is 4.02. The minimum absolute atomic E-state index is 0.0375. The Hall–Kier alpha value is -3.24. The van der Waals surface area contributed by atoms with Crippen molar-refractivity contribution in [1.82, 2.24) is 9.97 Å². The number of aromatic nitrogens is 2. The van der Waals surface area contributed by atoms with Gasteiger partial charge in [-0.3, -0.25) is 0 Å². The van der Waals surface area contributed by atoms with Gasteiger partial charge < -0.3 is 16.8 Å². The molecule has 5 N–H and O–H groups in total. The maximum absolute atomic E-state index is 13.1. The summed E-state index contributed by atoms with van der Waals surface area (Å²) < 4.78 is 78.1. The molecule has 0 saturated carbocycles. The van der Waals surface area contributed by atoms with Crippen LogP contribution in [0.5, 0.6) is 0 Å². The highest BCUT2D eigenvalue weighted by molar-refractivity contribution is 5.91. The first-order chi connectivity index (χ1) is 12.9. The average Bonchev–Trinajstić information content (AvgIpc) is 2.58. The molecule has 0 amide bonds. The monoisotopic (exact) mass is 401 g/mol. The van der Waals surface area contributed by atoms with Gasteiger partial charge in [0.15, 0.2) is 0 Å². The number of nitrogens with zero attached hydrogens (tertiary/aromatic N) is 2. The molecule has 3 rings (SSSR count). The zero-order valence-corrected chi connectivity index (χ0v) is 14.0. The van der Waals surface area contributed by atoms with Crippen LogP contribution >= 0.6 is 0 Å². The van der Waals surface area contributed by atoms with Crippen LogP contribution in [0, 0.1) is 0 Å². The van der Waals surface area contributed by atoms with Gasteiger partial charge in [-0.1, -0.05) is 0 Å². The van der Waals surface area contributed by atoms with Crippen molar-refractivity contribution >= 4 is 28.4 Å². The van der Waals surface area contributed by atoms with E-state index in [-0.39, 0.29) is 11.8 Å². The standard InChI is InChI=1S/C17H13F6N5/c18-16(19,20)9-1-3-12(17(21,22)23)8(5-9)7-26-10-2-4-13-11(6-10)14(24)28-15(25)27-13/h1-6,26H,7H2,(H4,24,25,27,28). The molecule has 0 aliphatic carbocycles. The van der Waals surface area contributed by atoms with Gasteiger partial charge in [0.2, 0.25) is 5.95 Å². The molecule has 0 radical (unpaired) electrons. The van der Waals surface area contributed by atoms with Gasteiger partial charge in [-0.2, -0.15) is 31.3 Å². The van der Waals surface area contributed by atoms with Crippen molar-refractivity contribution in [2.75, 3.05) is 16.8 Å². The SMILES string of the molecule is Nc1nc(N)c2cc(NCc3cc(C(F)(F)F)ccc3C(F)(F)F)ccc2n1. The molecular formula is C17H13F6N5. The fourth-order valence-corrected chi connectivity index (χ4v) is 2.67. The van der Waals surface area contributed by atoms with E-state index < -0.39 is 35.6 Å². The lowest BCUT2D eigenvalue weighted by atomic mass is 10.0. The molecule has 0 aliphatic heterocycles. The third-order valence-electron chi connectivity index (χ3n) is 3.96. The number of nitrogens with two attached hydrogens (primary N) is 2. The molecule has 0 fully saturated rings. The molecule has 3 aromatic rings. The molecule has 1 heterocycles. The number of benzene rings is 2. The number of nitrogen functional groups attached to an aromatic ring is 2. The van der Waals surface area contributed by atoms with Gasteiger partial charge in [-0.25, -0.2) is 4.98 Å². The number of hydrogen-bond acceptors (Lipinski definition) is 5. The first kappa shape index (κ1) is 19.5. The third-order valence-corrected chi connectivity index (χ3v) is 3.96. The fraction of sp³-hybridized carbons (Fsp3) is 0.176. The van der Waals surface area contributed by atoms with Crippen molar-refractivity contribution in [3.8, 4) is 0 Å². The topological polar surface area (TPSA) is 89.8 Å². The molecule has 148 valence electrons. The highest BCUT2D eigenvalue weighted by atomic mass is 19.4.